The molecule has 0 aliphatic carbocycles. The van der Waals surface area contributed by atoms with E-state index in [-0.39, 0.29) is 18.1 Å². The van der Waals surface area contributed by atoms with Gasteiger partial charge >= 0.3 is 11.9 Å². The van der Waals surface area contributed by atoms with Gasteiger partial charge in [0.1, 0.15) is 6.04 Å². The first-order valence-corrected chi connectivity index (χ1v) is 6.99. The minimum atomic E-state index is -0.720. The summed E-state index contributed by atoms with van der Waals surface area (Å²) in [7, 11) is 2.56. The van der Waals surface area contributed by atoms with Gasteiger partial charge in [-0.1, -0.05) is 13.8 Å². The van der Waals surface area contributed by atoms with E-state index < -0.39 is 18.0 Å². The molecule has 1 heterocycles. The molecule has 0 aromatic rings. The van der Waals surface area contributed by atoms with Gasteiger partial charge in [-0.2, -0.15) is 0 Å². The highest BCUT2D eigenvalue weighted by Crippen LogP contribution is 2.23. The fourth-order valence-electron chi connectivity index (χ4n) is 1.90. The Bertz CT molecular complexity index is 347. The lowest BCUT2D eigenvalue weighted by molar-refractivity contribution is -0.223. The second-order valence-corrected chi connectivity index (χ2v) is 5.81. The van der Waals surface area contributed by atoms with Crippen LogP contribution in [0.2, 0.25) is 0 Å². The predicted octanol–water partition coefficient (Wildman–Crippen LogP) is 0.470. The standard InChI is InChI=1S/C14H25NO6/c1-14(2)8-20-12(21-9-14)5-6-15-10(13(17)19-4)7-11(16)18-3/h10,12,15H,5-9H2,1-4H3/t10-/m0/s1. The SMILES string of the molecule is COC(=O)C[C@H](NCCC1OCC(C)(C)CO1)C(=O)OC. The van der Waals surface area contributed by atoms with Gasteiger partial charge in [0, 0.05) is 18.4 Å². The first kappa shape index (κ1) is 17.9. The minimum Gasteiger partial charge on any atom is -0.469 e. The van der Waals surface area contributed by atoms with Crippen LogP contribution in [-0.2, 0) is 28.5 Å². The number of nitrogens with one attached hydrogen (secondary N) is 1. The molecule has 7 nitrogen and oxygen atoms in total. The lowest BCUT2D eigenvalue weighted by Gasteiger charge is -2.34. The molecule has 21 heavy (non-hydrogen) atoms. The van der Waals surface area contributed by atoms with E-state index in [9.17, 15) is 9.59 Å². The Labute approximate surface area is 125 Å². The summed E-state index contributed by atoms with van der Waals surface area (Å²) in [4.78, 5) is 22.8. The van der Waals surface area contributed by atoms with Gasteiger partial charge in [-0.25, -0.2) is 0 Å². The molecule has 1 N–H and O–H groups in total. The number of ether oxygens (including phenoxy) is 4. The third kappa shape index (κ3) is 6.41. The third-order valence-electron chi connectivity index (χ3n) is 3.17. The van der Waals surface area contributed by atoms with E-state index in [1.807, 2.05) is 0 Å². The Morgan fingerprint density at radius 1 is 1.24 bits per heavy atom. The van der Waals surface area contributed by atoms with Gasteiger partial charge < -0.3 is 24.3 Å². The van der Waals surface area contributed by atoms with Crippen molar-refractivity contribution in [3.05, 3.63) is 0 Å². The second-order valence-electron chi connectivity index (χ2n) is 5.81. The van der Waals surface area contributed by atoms with E-state index in [4.69, 9.17) is 9.47 Å². The molecule has 1 fully saturated rings. The van der Waals surface area contributed by atoms with Crippen LogP contribution in [0.1, 0.15) is 26.7 Å². The summed E-state index contributed by atoms with van der Waals surface area (Å²) in [5.74, 6) is -0.961. The summed E-state index contributed by atoms with van der Waals surface area (Å²) in [6, 6.07) is -0.720. The quantitative estimate of drug-likeness (QED) is 0.684. The normalized spacial score (nSPS) is 19.8. The molecule has 0 bridgehead atoms. The molecule has 0 saturated carbocycles. The smallest absolute Gasteiger partial charge is 0.323 e. The van der Waals surface area contributed by atoms with Crippen molar-refractivity contribution in [2.75, 3.05) is 34.0 Å². The van der Waals surface area contributed by atoms with E-state index in [0.29, 0.717) is 26.2 Å². The fraction of sp³-hybridized carbons (Fsp3) is 0.857. The van der Waals surface area contributed by atoms with Crippen molar-refractivity contribution in [1.29, 1.82) is 0 Å². The van der Waals surface area contributed by atoms with Gasteiger partial charge in [0.15, 0.2) is 6.29 Å². The molecule has 0 aromatic heterocycles. The lowest BCUT2D eigenvalue weighted by atomic mass is 9.95. The van der Waals surface area contributed by atoms with Crippen LogP contribution in [0, 0.1) is 5.41 Å². The highest BCUT2D eigenvalue weighted by atomic mass is 16.7. The molecule has 1 rings (SSSR count). The number of hydrogen-bond donors (Lipinski definition) is 1. The maximum atomic E-state index is 11.6. The van der Waals surface area contributed by atoms with Crippen LogP contribution >= 0.6 is 0 Å². The van der Waals surface area contributed by atoms with Crippen LogP contribution in [0.4, 0.5) is 0 Å². The highest BCUT2D eigenvalue weighted by molar-refractivity contribution is 5.82. The van der Waals surface area contributed by atoms with E-state index >= 15 is 0 Å². The average Bonchev–Trinajstić information content (AvgIpc) is 2.46. The maximum Gasteiger partial charge on any atom is 0.323 e. The lowest BCUT2D eigenvalue weighted by Crippen LogP contribution is -2.43. The Morgan fingerprint density at radius 3 is 2.38 bits per heavy atom. The average molecular weight is 303 g/mol. The van der Waals surface area contributed by atoms with Gasteiger partial charge in [-0.15, -0.1) is 0 Å². The molecule has 1 aliphatic rings. The molecule has 0 amide bonds. The summed E-state index contributed by atoms with van der Waals surface area (Å²) in [5, 5.41) is 2.97. The summed E-state index contributed by atoms with van der Waals surface area (Å²) in [6.07, 6.45) is 0.231. The predicted molar refractivity (Wildman–Crippen MR) is 74.5 cm³/mol. The van der Waals surface area contributed by atoms with Crippen molar-refractivity contribution in [1.82, 2.24) is 5.32 Å². The van der Waals surface area contributed by atoms with Gasteiger partial charge in [0.25, 0.3) is 0 Å². The van der Waals surface area contributed by atoms with Crippen LogP contribution in [0.5, 0.6) is 0 Å². The van der Waals surface area contributed by atoms with E-state index in [2.05, 4.69) is 28.6 Å². The highest BCUT2D eigenvalue weighted by Gasteiger charge is 2.28. The van der Waals surface area contributed by atoms with Gasteiger partial charge in [0.05, 0.1) is 33.9 Å². The Balaban J connectivity index is 2.33. The van der Waals surface area contributed by atoms with Crippen LogP contribution in [0.15, 0.2) is 0 Å². The fourth-order valence-corrected chi connectivity index (χ4v) is 1.90. The number of carbonyl (C=O) groups excluding carboxylic acids is 2. The summed E-state index contributed by atoms with van der Waals surface area (Å²) in [6.45, 7) is 5.90. The largest absolute Gasteiger partial charge is 0.469 e. The zero-order valence-electron chi connectivity index (χ0n) is 13.1. The van der Waals surface area contributed by atoms with Gasteiger partial charge in [0.2, 0.25) is 0 Å². The molecule has 0 unspecified atom stereocenters. The van der Waals surface area contributed by atoms with Crippen molar-refractivity contribution in [3.63, 3.8) is 0 Å². The first-order valence-electron chi connectivity index (χ1n) is 6.99. The number of methoxy groups -OCH3 is 2. The van der Waals surface area contributed by atoms with E-state index in [1.54, 1.807) is 0 Å². The zero-order chi connectivity index (χ0) is 15.9. The van der Waals surface area contributed by atoms with Gasteiger partial charge in [-0.3, -0.25) is 9.59 Å². The summed E-state index contributed by atoms with van der Waals surface area (Å²) < 4.78 is 20.4. The van der Waals surface area contributed by atoms with Crippen molar-refractivity contribution >= 4 is 11.9 Å². The monoisotopic (exact) mass is 303 g/mol. The second kappa shape index (κ2) is 8.31. The topological polar surface area (TPSA) is 83.1 Å². The summed E-state index contributed by atoms with van der Waals surface area (Å²) >= 11 is 0. The molecule has 122 valence electrons. The molecule has 0 spiro atoms. The van der Waals surface area contributed by atoms with Crippen LogP contribution in [-0.4, -0.2) is 58.2 Å². The summed E-state index contributed by atoms with van der Waals surface area (Å²) in [5.41, 5.74) is 0.0311. The van der Waals surface area contributed by atoms with Crippen molar-refractivity contribution in [2.45, 2.75) is 39.0 Å². The Morgan fingerprint density at radius 2 is 1.86 bits per heavy atom. The Kier molecular flexibility index (Phi) is 7.07. The first-order chi connectivity index (χ1) is 9.88. The number of esters is 2. The van der Waals surface area contributed by atoms with Crippen molar-refractivity contribution < 1.29 is 28.5 Å². The van der Waals surface area contributed by atoms with Crippen molar-refractivity contribution in [2.24, 2.45) is 5.41 Å². The molecule has 0 aromatic carbocycles. The van der Waals surface area contributed by atoms with E-state index in [1.165, 1.54) is 14.2 Å². The van der Waals surface area contributed by atoms with Crippen LogP contribution in [0.25, 0.3) is 0 Å². The third-order valence-corrected chi connectivity index (χ3v) is 3.17. The van der Waals surface area contributed by atoms with Crippen LogP contribution in [0.3, 0.4) is 0 Å². The molecule has 0 radical (unpaired) electrons. The van der Waals surface area contributed by atoms with Crippen LogP contribution < -0.4 is 5.32 Å². The number of hydrogen-bond acceptors (Lipinski definition) is 7. The number of rotatable bonds is 7. The number of carbonyl (C=O) groups is 2. The maximum absolute atomic E-state index is 11.6. The molecule has 1 aliphatic heterocycles. The molecule has 1 saturated heterocycles. The zero-order valence-corrected chi connectivity index (χ0v) is 13.1. The van der Waals surface area contributed by atoms with E-state index in [0.717, 1.165) is 0 Å². The molecule has 7 heteroatoms. The van der Waals surface area contributed by atoms with Gasteiger partial charge in [-0.05, 0) is 0 Å². The molecular weight excluding hydrogens is 278 g/mol. The Hall–Kier alpha value is -1.18. The minimum absolute atomic E-state index is 0.0311. The van der Waals surface area contributed by atoms with Crippen molar-refractivity contribution in [3.8, 4) is 0 Å². The molecule has 1 atom stereocenters. The molecular formula is C14H25NO6.